The van der Waals surface area contributed by atoms with Crippen LogP contribution in [-0.4, -0.2) is 42.7 Å². The molecule has 0 aliphatic carbocycles. The van der Waals surface area contributed by atoms with Gasteiger partial charge in [0, 0.05) is 6.54 Å². The summed E-state index contributed by atoms with van der Waals surface area (Å²) in [7, 11) is 3.05. The van der Waals surface area contributed by atoms with E-state index in [4.69, 9.17) is 9.47 Å². The Hall–Kier alpha value is -3.26. The van der Waals surface area contributed by atoms with E-state index in [9.17, 15) is 14.4 Å². The number of hydrogen-bond donors (Lipinski definition) is 1. The van der Waals surface area contributed by atoms with Gasteiger partial charge in [0.05, 0.1) is 19.1 Å². The maximum Gasteiger partial charge on any atom is 0.294 e. The Balaban J connectivity index is 1.64. The third-order valence-electron chi connectivity index (χ3n) is 4.49. The van der Waals surface area contributed by atoms with Crippen molar-refractivity contribution in [2.24, 2.45) is 0 Å². The van der Waals surface area contributed by atoms with Crippen LogP contribution in [0, 0.1) is 6.92 Å². The summed E-state index contributed by atoms with van der Waals surface area (Å²) in [5, 5.41) is 2.26. The molecule has 1 heterocycles. The van der Waals surface area contributed by atoms with E-state index < -0.39 is 17.1 Å². The third kappa shape index (κ3) is 5.01. The molecule has 3 amide bonds. The quantitative estimate of drug-likeness (QED) is 0.684. The van der Waals surface area contributed by atoms with Crippen LogP contribution in [0.4, 0.5) is 4.79 Å². The molecule has 2 aromatic rings. The SMILES string of the molecule is COc1ccc(/C=C2\SC(=O)N(CC(=O)NCc3ccc(C)cc3)C2=O)cc1OC. The maximum absolute atomic E-state index is 12.6. The predicted octanol–water partition coefficient (Wildman–Crippen LogP) is 3.36. The summed E-state index contributed by atoms with van der Waals surface area (Å²) < 4.78 is 10.5. The van der Waals surface area contributed by atoms with Gasteiger partial charge in [-0.2, -0.15) is 0 Å². The van der Waals surface area contributed by atoms with Crippen molar-refractivity contribution in [2.75, 3.05) is 20.8 Å². The number of amides is 3. The lowest BCUT2D eigenvalue weighted by Crippen LogP contribution is -2.39. The topological polar surface area (TPSA) is 84.9 Å². The van der Waals surface area contributed by atoms with Gasteiger partial charge < -0.3 is 14.8 Å². The fraction of sp³-hybridized carbons (Fsp3) is 0.227. The number of thioether (sulfide) groups is 1. The van der Waals surface area contributed by atoms with Gasteiger partial charge in [0.25, 0.3) is 11.1 Å². The second-order valence-corrected chi connectivity index (χ2v) is 7.64. The smallest absolute Gasteiger partial charge is 0.294 e. The van der Waals surface area contributed by atoms with Gasteiger partial charge in [-0.15, -0.1) is 0 Å². The normalized spacial score (nSPS) is 14.9. The van der Waals surface area contributed by atoms with Crippen LogP contribution in [0.5, 0.6) is 11.5 Å². The summed E-state index contributed by atoms with van der Waals surface area (Å²) >= 11 is 0.805. The van der Waals surface area contributed by atoms with E-state index in [1.54, 1.807) is 24.3 Å². The molecule has 0 radical (unpaired) electrons. The number of imide groups is 1. The van der Waals surface area contributed by atoms with Crippen molar-refractivity contribution in [1.29, 1.82) is 0 Å². The summed E-state index contributed by atoms with van der Waals surface area (Å²) in [5.41, 5.74) is 2.75. The Kier molecular flexibility index (Phi) is 6.79. The highest BCUT2D eigenvalue weighted by Crippen LogP contribution is 2.34. The molecule has 0 bridgehead atoms. The van der Waals surface area contributed by atoms with Crippen LogP contribution in [-0.2, 0) is 16.1 Å². The average molecular weight is 426 g/mol. The van der Waals surface area contributed by atoms with Crippen LogP contribution in [0.25, 0.3) is 6.08 Å². The van der Waals surface area contributed by atoms with Crippen LogP contribution in [0.15, 0.2) is 47.4 Å². The van der Waals surface area contributed by atoms with Crippen molar-refractivity contribution in [3.8, 4) is 11.5 Å². The maximum atomic E-state index is 12.6. The fourth-order valence-corrected chi connectivity index (χ4v) is 3.67. The zero-order valence-corrected chi connectivity index (χ0v) is 17.7. The lowest BCUT2D eigenvalue weighted by atomic mass is 10.1. The monoisotopic (exact) mass is 426 g/mol. The zero-order chi connectivity index (χ0) is 21.7. The van der Waals surface area contributed by atoms with Crippen LogP contribution in [0.2, 0.25) is 0 Å². The minimum absolute atomic E-state index is 0.249. The van der Waals surface area contributed by atoms with Crippen molar-refractivity contribution >= 4 is 34.9 Å². The molecule has 0 saturated carbocycles. The van der Waals surface area contributed by atoms with E-state index in [2.05, 4.69) is 5.32 Å². The average Bonchev–Trinajstić information content (AvgIpc) is 3.00. The number of carbonyl (C=O) groups excluding carboxylic acids is 3. The number of ether oxygens (including phenoxy) is 2. The van der Waals surface area contributed by atoms with E-state index in [1.165, 1.54) is 14.2 Å². The summed E-state index contributed by atoms with van der Waals surface area (Å²) in [6.45, 7) is 1.99. The molecule has 1 aliphatic rings. The summed E-state index contributed by atoms with van der Waals surface area (Å²) in [4.78, 5) is 38.3. The number of carbonyl (C=O) groups is 3. The molecule has 2 aromatic carbocycles. The van der Waals surface area contributed by atoms with Gasteiger partial charge >= 0.3 is 0 Å². The van der Waals surface area contributed by atoms with E-state index in [0.29, 0.717) is 23.6 Å². The molecule has 30 heavy (non-hydrogen) atoms. The van der Waals surface area contributed by atoms with E-state index in [0.717, 1.165) is 27.8 Å². The highest BCUT2D eigenvalue weighted by molar-refractivity contribution is 8.18. The number of nitrogens with one attached hydrogen (secondary N) is 1. The molecule has 8 heteroatoms. The van der Waals surface area contributed by atoms with Crippen LogP contribution in [0.3, 0.4) is 0 Å². The first-order chi connectivity index (χ1) is 14.4. The summed E-state index contributed by atoms with van der Waals surface area (Å²) in [5.74, 6) is 0.185. The minimum atomic E-state index is -0.495. The van der Waals surface area contributed by atoms with Crippen molar-refractivity contribution < 1.29 is 23.9 Å². The first-order valence-electron chi connectivity index (χ1n) is 9.21. The Bertz CT molecular complexity index is 1000. The predicted molar refractivity (Wildman–Crippen MR) is 115 cm³/mol. The lowest BCUT2D eigenvalue weighted by Gasteiger charge is -2.12. The number of nitrogens with zero attached hydrogens (tertiary/aromatic N) is 1. The molecule has 1 saturated heterocycles. The van der Waals surface area contributed by atoms with Crippen molar-refractivity contribution in [3.63, 3.8) is 0 Å². The molecule has 0 unspecified atom stereocenters. The number of hydrogen-bond acceptors (Lipinski definition) is 6. The van der Waals surface area contributed by atoms with Crippen molar-refractivity contribution in [3.05, 3.63) is 64.1 Å². The van der Waals surface area contributed by atoms with Gasteiger partial charge in [0.1, 0.15) is 6.54 Å². The molecule has 3 rings (SSSR count). The van der Waals surface area contributed by atoms with E-state index >= 15 is 0 Å². The molecule has 0 aromatic heterocycles. The molecule has 156 valence electrons. The number of methoxy groups -OCH3 is 2. The molecular formula is C22H22N2O5S. The van der Waals surface area contributed by atoms with Gasteiger partial charge in [-0.1, -0.05) is 35.9 Å². The van der Waals surface area contributed by atoms with E-state index in [1.807, 2.05) is 31.2 Å². The molecule has 7 nitrogen and oxygen atoms in total. The Morgan fingerprint density at radius 1 is 1.07 bits per heavy atom. The van der Waals surface area contributed by atoms with Crippen LogP contribution < -0.4 is 14.8 Å². The van der Waals surface area contributed by atoms with Gasteiger partial charge in [-0.25, -0.2) is 0 Å². The zero-order valence-electron chi connectivity index (χ0n) is 16.9. The van der Waals surface area contributed by atoms with Gasteiger partial charge in [-0.05, 0) is 48.0 Å². The van der Waals surface area contributed by atoms with Gasteiger partial charge in [0.15, 0.2) is 11.5 Å². The second kappa shape index (κ2) is 9.49. The first-order valence-corrected chi connectivity index (χ1v) is 10.0. The molecular weight excluding hydrogens is 404 g/mol. The Labute approximate surface area is 179 Å². The van der Waals surface area contributed by atoms with Gasteiger partial charge in [0.2, 0.25) is 5.91 Å². The second-order valence-electron chi connectivity index (χ2n) is 6.64. The molecule has 1 N–H and O–H groups in total. The molecule has 0 spiro atoms. The largest absolute Gasteiger partial charge is 0.493 e. The van der Waals surface area contributed by atoms with Crippen LogP contribution in [0.1, 0.15) is 16.7 Å². The van der Waals surface area contributed by atoms with Crippen molar-refractivity contribution in [1.82, 2.24) is 10.2 Å². The summed E-state index contributed by atoms with van der Waals surface area (Å²) in [6, 6.07) is 12.9. The number of rotatable bonds is 7. The van der Waals surface area contributed by atoms with Crippen molar-refractivity contribution in [2.45, 2.75) is 13.5 Å². The van der Waals surface area contributed by atoms with Crippen LogP contribution >= 0.6 is 11.8 Å². The van der Waals surface area contributed by atoms with E-state index in [-0.39, 0.29) is 11.4 Å². The third-order valence-corrected chi connectivity index (χ3v) is 5.40. The number of aryl methyl sites for hydroxylation is 1. The first kappa shape index (κ1) is 21.4. The summed E-state index contributed by atoms with van der Waals surface area (Å²) in [6.07, 6.45) is 1.59. The highest BCUT2D eigenvalue weighted by Gasteiger charge is 2.36. The fourth-order valence-electron chi connectivity index (χ4n) is 2.84. The lowest BCUT2D eigenvalue weighted by molar-refractivity contribution is -0.129. The standard InChI is InChI=1S/C22H22N2O5S/c1-14-4-6-15(7-5-14)12-23-20(25)13-24-21(26)19(30-22(24)27)11-16-8-9-17(28-2)18(10-16)29-3/h4-11H,12-13H2,1-3H3,(H,23,25)/b19-11-. The minimum Gasteiger partial charge on any atom is -0.493 e. The Morgan fingerprint density at radius 3 is 2.43 bits per heavy atom. The van der Waals surface area contributed by atoms with Gasteiger partial charge in [-0.3, -0.25) is 19.3 Å². The molecule has 1 aliphatic heterocycles. The molecule has 1 fully saturated rings. The Morgan fingerprint density at radius 2 is 1.77 bits per heavy atom. The number of benzene rings is 2. The highest BCUT2D eigenvalue weighted by atomic mass is 32.2. The molecule has 0 atom stereocenters.